The normalized spacial score (nSPS) is 12.2. The molecule has 0 fully saturated rings. The zero-order chi connectivity index (χ0) is 66.5. The van der Waals surface area contributed by atoms with E-state index in [2.05, 4.69) is 368 Å². The largest absolute Gasteiger partial charge is 0.0849 e. The second kappa shape index (κ2) is 24.0. The Balaban J connectivity index is 0.812. The lowest BCUT2D eigenvalue weighted by atomic mass is 9.76. The smallest absolute Gasteiger partial charge is 0.0652 e. The van der Waals surface area contributed by atoms with E-state index in [1.165, 1.54) is 191 Å². The van der Waals surface area contributed by atoms with Crippen LogP contribution < -0.4 is 5.19 Å². The third kappa shape index (κ3) is 10.3. The molecule has 0 atom stereocenters. The van der Waals surface area contributed by atoms with Crippen molar-refractivity contribution in [2.75, 3.05) is 0 Å². The number of aryl methyl sites for hydroxylation is 1. The molecule has 0 aromatic heterocycles. The molecule has 0 bridgehead atoms. The van der Waals surface area contributed by atoms with Gasteiger partial charge in [0.2, 0.25) is 0 Å². The van der Waals surface area contributed by atoms with E-state index in [1.807, 2.05) is 0 Å². The van der Waals surface area contributed by atoms with Gasteiger partial charge in [0.15, 0.2) is 0 Å². The maximum absolute atomic E-state index is 2.60. The minimum atomic E-state index is -2.28. The Hall–Kier alpha value is -11.5. The Morgan fingerprint density at radius 1 is 0.253 bits per heavy atom. The Labute approximate surface area is 580 Å². The molecule has 0 saturated carbocycles. The van der Waals surface area contributed by atoms with Crippen LogP contribution in [0.15, 0.2) is 334 Å². The third-order valence-electron chi connectivity index (χ3n) is 21.8. The summed E-state index contributed by atoms with van der Waals surface area (Å²) in [7, 11) is -2.28. The molecular weight excluding hydrogens is 1210 g/mol. The third-order valence-corrected chi connectivity index (χ3v) is 24.9. The average molecular weight is 1280 g/mol. The molecule has 0 amide bonds. The molecule has 0 nitrogen and oxygen atoms in total. The summed E-state index contributed by atoms with van der Waals surface area (Å²) in [6.45, 7) is 12.3. The predicted molar refractivity (Wildman–Crippen MR) is 432 cm³/mol. The lowest BCUT2D eigenvalue weighted by molar-refractivity contribution is 0.523. The Morgan fingerprint density at radius 3 is 1.07 bits per heavy atom. The Kier molecular flexibility index (Phi) is 14.5. The maximum Gasteiger partial charge on any atom is 0.0849 e. The monoisotopic (exact) mass is 1280 g/mol. The molecule has 0 saturated heterocycles. The zero-order valence-electron chi connectivity index (χ0n) is 56.7. The number of hydrogen-bond donors (Lipinski definition) is 0. The Morgan fingerprint density at radius 2 is 0.586 bits per heavy atom. The van der Waals surface area contributed by atoms with E-state index < -0.39 is 8.07 Å². The second-order valence-electron chi connectivity index (χ2n) is 28.9. The minimum Gasteiger partial charge on any atom is -0.0652 e. The first kappa shape index (κ1) is 60.0. The summed E-state index contributed by atoms with van der Waals surface area (Å²) < 4.78 is 0. The standard InChI is InChI=1S/C98H74Si/c1-63-46-51-82-87(56-63)93(70-31-11-7-12-32-70)88-57-64(47-52-83(88)96(82)78-44-24-36-67-27-16-19-39-75(67)78)61-98(2,3)72-49-54-85-90(59-72)94(71-33-13-8-14-34-71)89-58-65(48-53-84(89)97(85)79-45-25-37-68-28-17-20-40-76(68)79)62-99(4,5)73-50-55-86-91(60-73)92(69-29-9-6-10-30-69)80-41-21-22-42-81(80)95(86)77-43-23-35-66-26-15-18-38-74(66)77/h6-60H,61-62H2,1-5H3. The molecular formula is C98H74Si. The van der Waals surface area contributed by atoms with Crippen molar-refractivity contribution in [2.45, 2.75) is 51.7 Å². The summed E-state index contributed by atoms with van der Waals surface area (Å²) in [6, 6.07) is 128. The van der Waals surface area contributed by atoms with Crippen molar-refractivity contribution in [1.29, 1.82) is 0 Å². The molecule has 0 radical (unpaired) electrons. The van der Waals surface area contributed by atoms with Gasteiger partial charge >= 0.3 is 0 Å². The van der Waals surface area contributed by atoms with E-state index in [-0.39, 0.29) is 5.41 Å². The van der Waals surface area contributed by atoms with E-state index in [9.17, 15) is 0 Å². The van der Waals surface area contributed by atoms with Crippen molar-refractivity contribution in [2.24, 2.45) is 0 Å². The average Bonchev–Trinajstić information content (AvgIpc) is 0.737. The fourth-order valence-electron chi connectivity index (χ4n) is 17.1. The molecule has 470 valence electrons. The molecule has 0 aliphatic carbocycles. The van der Waals surface area contributed by atoms with Gasteiger partial charge in [0.25, 0.3) is 0 Å². The lowest BCUT2D eigenvalue weighted by Crippen LogP contribution is -2.44. The second-order valence-corrected chi connectivity index (χ2v) is 33.6. The highest BCUT2D eigenvalue weighted by Crippen LogP contribution is 2.51. The predicted octanol–water partition coefficient (Wildman–Crippen LogP) is 26.6. The highest BCUT2D eigenvalue weighted by Gasteiger charge is 2.30. The molecule has 18 aromatic rings. The van der Waals surface area contributed by atoms with Crippen LogP contribution in [0.4, 0.5) is 0 Å². The van der Waals surface area contributed by atoms with Gasteiger partial charge in [0.05, 0.1) is 8.07 Å². The van der Waals surface area contributed by atoms with Crippen LogP contribution in [0.25, 0.3) is 164 Å². The maximum atomic E-state index is 2.60. The van der Waals surface area contributed by atoms with Crippen LogP contribution in [0, 0.1) is 6.92 Å². The fraction of sp³-hybridized carbons (Fsp3) is 0.0816. The SMILES string of the molecule is Cc1ccc2c(-c3cccc4ccccc34)c3ccc(CC(C)(C)c4ccc5c(-c6cccc7ccccc67)c6ccc(C[Si](C)(C)c7ccc8c(-c9cccc%10ccccc9%10)c9ccccc9c(-c9ccccc9)c8c7)cc6c(-c6ccccc6)c5c4)cc3c(-c3ccccc3)c2c1. The number of rotatable bonds is 12. The van der Waals surface area contributed by atoms with E-state index in [1.54, 1.807) is 0 Å². The fourth-order valence-corrected chi connectivity index (χ4v) is 19.6. The molecule has 99 heavy (non-hydrogen) atoms. The molecule has 0 spiro atoms. The van der Waals surface area contributed by atoms with Gasteiger partial charge in [0.1, 0.15) is 0 Å². The topological polar surface area (TPSA) is 0 Å². The van der Waals surface area contributed by atoms with E-state index >= 15 is 0 Å². The molecule has 0 aliphatic heterocycles. The minimum absolute atomic E-state index is 0.275. The molecule has 18 aromatic carbocycles. The number of hydrogen-bond acceptors (Lipinski definition) is 0. The number of benzene rings is 18. The quantitative estimate of drug-likeness (QED) is 0.0845. The molecule has 18 rings (SSSR count). The van der Waals surface area contributed by atoms with Crippen LogP contribution in [0.2, 0.25) is 13.1 Å². The molecule has 1 heteroatoms. The summed E-state index contributed by atoms with van der Waals surface area (Å²) in [4.78, 5) is 0. The van der Waals surface area contributed by atoms with Crippen LogP contribution in [0.5, 0.6) is 0 Å². The molecule has 0 heterocycles. The molecule has 0 unspecified atom stereocenters. The Bertz CT molecular complexity index is 6260. The molecule has 0 aliphatic rings. The summed E-state index contributed by atoms with van der Waals surface area (Å²) in [5, 5.41) is 24.4. The van der Waals surface area contributed by atoms with Gasteiger partial charge < -0.3 is 0 Å². The van der Waals surface area contributed by atoms with Gasteiger partial charge in [-0.1, -0.05) is 365 Å². The first-order chi connectivity index (χ1) is 48.5. The zero-order valence-corrected chi connectivity index (χ0v) is 57.7. The van der Waals surface area contributed by atoms with Gasteiger partial charge in [-0.3, -0.25) is 0 Å². The number of fused-ring (bicyclic) bond motifs is 9. The lowest BCUT2D eigenvalue weighted by Gasteiger charge is -2.28. The highest BCUT2D eigenvalue weighted by molar-refractivity contribution is 6.89. The van der Waals surface area contributed by atoms with Crippen molar-refractivity contribution in [3.8, 4) is 66.8 Å². The van der Waals surface area contributed by atoms with Crippen LogP contribution in [-0.2, 0) is 17.9 Å². The van der Waals surface area contributed by atoms with Crippen molar-refractivity contribution in [3.63, 3.8) is 0 Å². The first-order valence-electron chi connectivity index (χ1n) is 35.1. The molecule has 0 N–H and O–H groups in total. The van der Waals surface area contributed by atoms with Gasteiger partial charge in [-0.25, -0.2) is 0 Å². The van der Waals surface area contributed by atoms with Gasteiger partial charge in [-0.05, 0) is 211 Å². The summed E-state index contributed by atoms with van der Waals surface area (Å²) >= 11 is 0. The summed E-state index contributed by atoms with van der Waals surface area (Å²) in [5.41, 5.74) is 20.2. The van der Waals surface area contributed by atoms with Crippen LogP contribution in [0.1, 0.15) is 36.1 Å². The van der Waals surface area contributed by atoms with Crippen molar-refractivity contribution < 1.29 is 0 Å². The van der Waals surface area contributed by atoms with Crippen molar-refractivity contribution >= 4 is 110 Å². The van der Waals surface area contributed by atoms with E-state index in [0.29, 0.717) is 0 Å². The van der Waals surface area contributed by atoms with E-state index in [4.69, 9.17) is 0 Å². The van der Waals surface area contributed by atoms with Crippen molar-refractivity contribution in [3.05, 3.63) is 356 Å². The van der Waals surface area contributed by atoms with Crippen LogP contribution in [0.3, 0.4) is 0 Å². The first-order valence-corrected chi connectivity index (χ1v) is 38.3. The van der Waals surface area contributed by atoms with Gasteiger partial charge in [0, 0.05) is 0 Å². The van der Waals surface area contributed by atoms with Gasteiger partial charge in [-0.2, -0.15) is 0 Å². The van der Waals surface area contributed by atoms with Gasteiger partial charge in [-0.15, -0.1) is 0 Å². The van der Waals surface area contributed by atoms with Crippen LogP contribution in [-0.4, -0.2) is 8.07 Å². The van der Waals surface area contributed by atoms with E-state index in [0.717, 1.165) is 12.5 Å². The van der Waals surface area contributed by atoms with Crippen molar-refractivity contribution in [1.82, 2.24) is 0 Å². The highest BCUT2D eigenvalue weighted by atomic mass is 28.3. The summed E-state index contributed by atoms with van der Waals surface area (Å²) in [5.74, 6) is 0. The summed E-state index contributed by atoms with van der Waals surface area (Å²) in [6.07, 6.45) is 0.842. The van der Waals surface area contributed by atoms with Crippen LogP contribution >= 0.6 is 0 Å².